The maximum Gasteiger partial charge on any atom is 0.0416 e. The number of hydrogen-bond donors (Lipinski definition) is 2. The third kappa shape index (κ3) is 2.97. The van der Waals surface area contributed by atoms with Crippen molar-refractivity contribution >= 4 is 11.4 Å². The minimum atomic E-state index is 0.760. The van der Waals surface area contributed by atoms with Crippen molar-refractivity contribution in [2.45, 2.75) is 20.4 Å². The van der Waals surface area contributed by atoms with Crippen LogP contribution < -0.4 is 11.1 Å². The summed E-state index contributed by atoms with van der Waals surface area (Å²) in [5.74, 6) is 0. The van der Waals surface area contributed by atoms with Crippen LogP contribution in [0.15, 0.2) is 36.5 Å². The number of pyridine rings is 1. The van der Waals surface area contributed by atoms with Crippen molar-refractivity contribution in [2.24, 2.45) is 0 Å². The number of aromatic nitrogens is 1. The smallest absolute Gasteiger partial charge is 0.0416 e. The molecule has 0 fully saturated rings. The molecule has 0 radical (unpaired) electrons. The lowest BCUT2D eigenvalue weighted by molar-refractivity contribution is 1.08. The van der Waals surface area contributed by atoms with Crippen molar-refractivity contribution in [1.82, 2.24) is 4.98 Å². The normalized spacial score (nSPS) is 10.2. The fraction of sp³-hybridized carbons (Fsp3) is 0.214. The van der Waals surface area contributed by atoms with Crippen molar-refractivity contribution in [3.05, 3.63) is 53.3 Å². The van der Waals surface area contributed by atoms with Crippen molar-refractivity contribution in [1.29, 1.82) is 0 Å². The van der Waals surface area contributed by atoms with Gasteiger partial charge in [-0.3, -0.25) is 4.98 Å². The topological polar surface area (TPSA) is 50.9 Å². The third-order valence-electron chi connectivity index (χ3n) is 2.75. The van der Waals surface area contributed by atoms with Gasteiger partial charge in [0, 0.05) is 29.8 Å². The van der Waals surface area contributed by atoms with Crippen LogP contribution in [0, 0.1) is 13.8 Å². The summed E-state index contributed by atoms with van der Waals surface area (Å²) in [6.07, 6.45) is 1.89. The van der Waals surface area contributed by atoms with Crippen molar-refractivity contribution < 1.29 is 0 Å². The Balaban J connectivity index is 2.02. The van der Waals surface area contributed by atoms with Crippen LogP contribution in [0.4, 0.5) is 11.4 Å². The number of rotatable bonds is 3. The first kappa shape index (κ1) is 11.5. The molecule has 0 saturated heterocycles. The van der Waals surface area contributed by atoms with Crippen LogP contribution in [0.3, 0.4) is 0 Å². The minimum Gasteiger partial charge on any atom is -0.398 e. The van der Waals surface area contributed by atoms with Gasteiger partial charge in [0.15, 0.2) is 0 Å². The maximum absolute atomic E-state index is 5.86. The van der Waals surface area contributed by atoms with Gasteiger partial charge >= 0.3 is 0 Å². The van der Waals surface area contributed by atoms with Gasteiger partial charge in [-0.15, -0.1) is 0 Å². The van der Waals surface area contributed by atoms with E-state index < -0.39 is 0 Å². The van der Waals surface area contributed by atoms with Crippen LogP contribution in [0.2, 0.25) is 0 Å². The second kappa shape index (κ2) is 4.87. The average molecular weight is 227 g/mol. The molecule has 3 N–H and O–H groups in total. The van der Waals surface area contributed by atoms with Gasteiger partial charge in [-0.25, -0.2) is 0 Å². The van der Waals surface area contributed by atoms with E-state index >= 15 is 0 Å². The number of benzene rings is 1. The molecule has 0 saturated carbocycles. The zero-order chi connectivity index (χ0) is 12.3. The standard InChI is InChI=1S/C14H17N3/c1-10-3-6-13(7-14(10)15)17-9-12-5-4-11(2)16-8-12/h3-8,17H,9,15H2,1-2H3. The maximum atomic E-state index is 5.86. The summed E-state index contributed by atoms with van der Waals surface area (Å²) in [7, 11) is 0. The fourth-order valence-electron chi connectivity index (χ4n) is 1.56. The van der Waals surface area contributed by atoms with E-state index in [0.717, 1.165) is 34.7 Å². The molecule has 3 nitrogen and oxygen atoms in total. The first-order chi connectivity index (χ1) is 8.15. The number of nitrogens with zero attached hydrogens (tertiary/aromatic N) is 1. The van der Waals surface area contributed by atoms with E-state index in [1.807, 2.05) is 44.3 Å². The second-order valence-corrected chi connectivity index (χ2v) is 4.23. The summed E-state index contributed by atoms with van der Waals surface area (Å²) in [5, 5.41) is 3.33. The summed E-state index contributed by atoms with van der Waals surface area (Å²) in [4.78, 5) is 4.26. The van der Waals surface area contributed by atoms with Crippen LogP contribution in [0.25, 0.3) is 0 Å². The predicted molar refractivity (Wildman–Crippen MR) is 71.9 cm³/mol. The number of hydrogen-bond acceptors (Lipinski definition) is 3. The zero-order valence-electron chi connectivity index (χ0n) is 10.2. The largest absolute Gasteiger partial charge is 0.398 e. The van der Waals surface area contributed by atoms with E-state index in [9.17, 15) is 0 Å². The Hall–Kier alpha value is -2.03. The molecule has 0 spiro atoms. The first-order valence-electron chi connectivity index (χ1n) is 5.66. The Morgan fingerprint density at radius 3 is 2.65 bits per heavy atom. The van der Waals surface area contributed by atoms with Gasteiger partial charge in [0.2, 0.25) is 0 Å². The highest BCUT2D eigenvalue weighted by atomic mass is 14.9. The molecule has 88 valence electrons. The van der Waals surface area contributed by atoms with Gasteiger partial charge in [0.25, 0.3) is 0 Å². The number of anilines is 2. The van der Waals surface area contributed by atoms with Gasteiger partial charge in [0.1, 0.15) is 0 Å². The number of nitrogens with one attached hydrogen (secondary N) is 1. The molecule has 17 heavy (non-hydrogen) atoms. The lowest BCUT2D eigenvalue weighted by atomic mass is 10.2. The van der Waals surface area contributed by atoms with Crippen LogP contribution in [-0.2, 0) is 6.54 Å². The summed E-state index contributed by atoms with van der Waals surface area (Å²) in [6.45, 7) is 4.75. The molecule has 0 aliphatic rings. The van der Waals surface area contributed by atoms with E-state index in [-0.39, 0.29) is 0 Å². The van der Waals surface area contributed by atoms with Gasteiger partial charge < -0.3 is 11.1 Å². The molecule has 0 unspecified atom stereocenters. The minimum absolute atomic E-state index is 0.760. The molecule has 1 aromatic heterocycles. The van der Waals surface area contributed by atoms with Crippen LogP contribution in [-0.4, -0.2) is 4.98 Å². The summed E-state index contributed by atoms with van der Waals surface area (Å²) in [6, 6.07) is 10.1. The van der Waals surface area contributed by atoms with Gasteiger partial charge in [0.05, 0.1) is 0 Å². The van der Waals surface area contributed by atoms with Crippen molar-refractivity contribution in [2.75, 3.05) is 11.1 Å². The highest BCUT2D eigenvalue weighted by Crippen LogP contribution is 2.17. The Labute approximate surface area is 102 Å². The Morgan fingerprint density at radius 2 is 2.00 bits per heavy atom. The summed E-state index contributed by atoms with van der Waals surface area (Å²) < 4.78 is 0. The Morgan fingerprint density at radius 1 is 1.18 bits per heavy atom. The van der Waals surface area contributed by atoms with E-state index in [0.29, 0.717) is 0 Å². The quantitative estimate of drug-likeness (QED) is 0.793. The molecule has 0 aliphatic heterocycles. The van der Waals surface area contributed by atoms with E-state index in [4.69, 9.17) is 5.73 Å². The summed E-state index contributed by atoms with van der Waals surface area (Å²) >= 11 is 0. The first-order valence-corrected chi connectivity index (χ1v) is 5.66. The Bertz CT molecular complexity index is 503. The van der Waals surface area contributed by atoms with Gasteiger partial charge in [-0.2, -0.15) is 0 Å². The average Bonchev–Trinajstić information content (AvgIpc) is 2.33. The zero-order valence-corrected chi connectivity index (χ0v) is 10.2. The molecule has 1 heterocycles. The molecular formula is C14H17N3. The van der Waals surface area contributed by atoms with Crippen LogP contribution in [0.1, 0.15) is 16.8 Å². The summed E-state index contributed by atoms with van der Waals surface area (Å²) in [5.41, 5.74) is 11.0. The second-order valence-electron chi connectivity index (χ2n) is 4.23. The van der Waals surface area contributed by atoms with E-state index in [1.54, 1.807) is 0 Å². The highest BCUT2D eigenvalue weighted by molar-refractivity contribution is 5.58. The molecule has 3 heteroatoms. The fourth-order valence-corrected chi connectivity index (χ4v) is 1.56. The van der Waals surface area contributed by atoms with Crippen molar-refractivity contribution in [3.8, 4) is 0 Å². The third-order valence-corrected chi connectivity index (χ3v) is 2.75. The number of aryl methyl sites for hydroxylation is 2. The highest BCUT2D eigenvalue weighted by Gasteiger charge is 1.97. The Kier molecular flexibility index (Phi) is 3.28. The molecular weight excluding hydrogens is 210 g/mol. The van der Waals surface area contributed by atoms with Crippen molar-refractivity contribution in [3.63, 3.8) is 0 Å². The number of nitrogen functional groups attached to an aromatic ring is 1. The van der Waals surface area contributed by atoms with Gasteiger partial charge in [-0.05, 0) is 43.2 Å². The molecule has 0 bridgehead atoms. The molecule has 0 aliphatic carbocycles. The van der Waals surface area contributed by atoms with Gasteiger partial charge in [-0.1, -0.05) is 12.1 Å². The number of nitrogens with two attached hydrogens (primary N) is 1. The molecule has 2 rings (SSSR count). The molecule has 0 amide bonds. The molecule has 1 aromatic carbocycles. The van der Waals surface area contributed by atoms with Crippen LogP contribution >= 0.6 is 0 Å². The lowest BCUT2D eigenvalue weighted by Gasteiger charge is -2.08. The monoisotopic (exact) mass is 227 g/mol. The SMILES string of the molecule is Cc1ccc(CNc2ccc(C)c(N)c2)cn1. The van der Waals surface area contributed by atoms with Crippen LogP contribution in [0.5, 0.6) is 0 Å². The van der Waals surface area contributed by atoms with E-state index in [1.165, 1.54) is 0 Å². The molecule has 2 aromatic rings. The lowest BCUT2D eigenvalue weighted by Crippen LogP contribution is -2.01. The predicted octanol–water partition coefficient (Wildman–Crippen LogP) is 2.89. The molecule has 0 atom stereocenters. The van der Waals surface area contributed by atoms with E-state index in [2.05, 4.69) is 16.4 Å².